The molecule has 0 bridgehead atoms. The maximum Gasteiger partial charge on any atom is 0.142 e. The van der Waals surface area contributed by atoms with E-state index < -0.39 is 0 Å². The first kappa shape index (κ1) is 13.1. The molecular formula is C14H17N3S2. The van der Waals surface area contributed by atoms with Gasteiger partial charge in [0, 0.05) is 18.1 Å². The average Bonchev–Trinajstić information content (AvgIpc) is 3.11. The van der Waals surface area contributed by atoms with Gasteiger partial charge < -0.3 is 5.32 Å². The van der Waals surface area contributed by atoms with Gasteiger partial charge in [0.05, 0.1) is 11.4 Å². The highest BCUT2D eigenvalue weighted by molar-refractivity contribution is 7.99. The Kier molecular flexibility index (Phi) is 4.48. The van der Waals surface area contributed by atoms with Crippen LogP contribution in [0.1, 0.15) is 12.1 Å². The molecule has 0 radical (unpaired) electrons. The molecule has 1 atom stereocenters. The van der Waals surface area contributed by atoms with Gasteiger partial charge in [0.15, 0.2) is 0 Å². The molecule has 0 saturated carbocycles. The molecule has 0 amide bonds. The first-order valence-electron chi connectivity index (χ1n) is 6.56. The van der Waals surface area contributed by atoms with Crippen LogP contribution in [0.3, 0.4) is 0 Å². The highest BCUT2D eigenvalue weighted by atomic mass is 32.2. The maximum atomic E-state index is 4.63. The molecule has 2 aromatic heterocycles. The summed E-state index contributed by atoms with van der Waals surface area (Å²) in [7, 11) is 0. The highest BCUT2D eigenvalue weighted by Crippen LogP contribution is 2.23. The lowest BCUT2D eigenvalue weighted by atomic mass is 10.1. The summed E-state index contributed by atoms with van der Waals surface area (Å²) in [5, 5.41) is 6.65. The SMILES string of the molecule is c1ccc(-c2nc(CNCC3CCSC3)cs2)nc1. The van der Waals surface area contributed by atoms with E-state index in [1.807, 2.05) is 24.4 Å². The van der Waals surface area contributed by atoms with E-state index in [1.165, 1.54) is 17.9 Å². The lowest BCUT2D eigenvalue weighted by Crippen LogP contribution is -2.22. The highest BCUT2D eigenvalue weighted by Gasteiger charge is 2.14. The molecule has 1 N–H and O–H groups in total. The first-order valence-corrected chi connectivity index (χ1v) is 8.59. The summed E-state index contributed by atoms with van der Waals surface area (Å²) in [5.41, 5.74) is 2.09. The third-order valence-corrected chi connectivity index (χ3v) is 5.34. The Hall–Kier alpha value is -0.910. The number of nitrogens with zero attached hydrogens (tertiary/aromatic N) is 2. The van der Waals surface area contributed by atoms with E-state index in [9.17, 15) is 0 Å². The van der Waals surface area contributed by atoms with E-state index in [1.54, 1.807) is 11.3 Å². The van der Waals surface area contributed by atoms with E-state index in [-0.39, 0.29) is 0 Å². The second kappa shape index (κ2) is 6.50. The third kappa shape index (κ3) is 3.55. The zero-order valence-electron chi connectivity index (χ0n) is 10.7. The Labute approximate surface area is 121 Å². The molecule has 100 valence electrons. The molecule has 3 rings (SSSR count). The van der Waals surface area contributed by atoms with Crippen LogP contribution in [0.2, 0.25) is 0 Å². The number of hydrogen-bond acceptors (Lipinski definition) is 5. The van der Waals surface area contributed by atoms with Crippen molar-refractivity contribution < 1.29 is 0 Å². The van der Waals surface area contributed by atoms with E-state index in [4.69, 9.17) is 0 Å². The molecule has 1 saturated heterocycles. The largest absolute Gasteiger partial charge is 0.311 e. The van der Waals surface area contributed by atoms with Crippen molar-refractivity contribution in [3.8, 4) is 10.7 Å². The molecule has 0 spiro atoms. The van der Waals surface area contributed by atoms with Crippen LogP contribution in [0.25, 0.3) is 10.7 Å². The molecule has 5 heteroatoms. The Morgan fingerprint density at radius 2 is 2.37 bits per heavy atom. The molecule has 0 aromatic carbocycles. The van der Waals surface area contributed by atoms with Crippen LogP contribution >= 0.6 is 23.1 Å². The summed E-state index contributed by atoms with van der Waals surface area (Å²) in [6.45, 7) is 1.98. The number of rotatable bonds is 5. The van der Waals surface area contributed by atoms with E-state index in [2.05, 4.69) is 32.4 Å². The van der Waals surface area contributed by atoms with Crippen LogP contribution in [0.15, 0.2) is 29.8 Å². The fraction of sp³-hybridized carbons (Fsp3) is 0.429. The van der Waals surface area contributed by atoms with Crippen molar-refractivity contribution in [1.82, 2.24) is 15.3 Å². The van der Waals surface area contributed by atoms with Gasteiger partial charge in [-0.3, -0.25) is 4.98 Å². The summed E-state index contributed by atoms with van der Waals surface area (Å²) in [4.78, 5) is 8.96. The van der Waals surface area contributed by atoms with Crippen LogP contribution in [-0.2, 0) is 6.54 Å². The van der Waals surface area contributed by atoms with Crippen LogP contribution in [0.4, 0.5) is 0 Å². The van der Waals surface area contributed by atoms with Gasteiger partial charge in [0.25, 0.3) is 0 Å². The number of thioether (sulfide) groups is 1. The molecule has 1 aliphatic rings. The maximum absolute atomic E-state index is 4.63. The quantitative estimate of drug-likeness (QED) is 0.919. The van der Waals surface area contributed by atoms with Crippen LogP contribution in [-0.4, -0.2) is 28.0 Å². The number of thiazole rings is 1. The standard InChI is InChI=1S/C14H17N3S2/c1-2-5-16-13(3-1)14-17-12(10-19-14)8-15-7-11-4-6-18-9-11/h1-3,5,10-11,15H,4,6-9H2. The molecule has 3 nitrogen and oxygen atoms in total. The summed E-state index contributed by atoms with van der Waals surface area (Å²) in [5.74, 6) is 3.48. The fourth-order valence-electron chi connectivity index (χ4n) is 2.14. The van der Waals surface area contributed by atoms with Gasteiger partial charge in [0.1, 0.15) is 5.01 Å². The lowest BCUT2D eigenvalue weighted by Gasteiger charge is -2.08. The Morgan fingerprint density at radius 1 is 1.37 bits per heavy atom. The Bertz CT molecular complexity index is 506. The zero-order chi connectivity index (χ0) is 12.9. The Morgan fingerprint density at radius 3 is 3.16 bits per heavy atom. The van der Waals surface area contributed by atoms with Crippen molar-refractivity contribution in [1.29, 1.82) is 0 Å². The summed E-state index contributed by atoms with van der Waals surface area (Å²) in [6.07, 6.45) is 3.17. The predicted molar refractivity (Wildman–Crippen MR) is 82.5 cm³/mol. The second-order valence-corrected chi connectivity index (χ2v) is 6.73. The normalized spacial score (nSPS) is 18.8. The van der Waals surface area contributed by atoms with Crippen molar-refractivity contribution in [2.45, 2.75) is 13.0 Å². The smallest absolute Gasteiger partial charge is 0.142 e. The van der Waals surface area contributed by atoms with Crippen LogP contribution < -0.4 is 5.32 Å². The average molecular weight is 291 g/mol. The van der Waals surface area contributed by atoms with Gasteiger partial charge in [-0.25, -0.2) is 4.98 Å². The minimum Gasteiger partial charge on any atom is -0.311 e. The minimum absolute atomic E-state index is 0.846. The molecule has 1 unspecified atom stereocenters. The van der Waals surface area contributed by atoms with Gasteiger partial charge in [0.2, 0.25) is 0 Å². The molecule has 0 aliphatic carbocycles. The van der Waals surface area contributed by atoms with Gasteiger partial charge in [-0.1, -0.05) is 6.07 Å². The van der Waals surface area contributed by atoms with Crippen molar-refractivity contribution in [3.05, 3.63) is 35.5 Å². The lowest BCUT2D eigenvalue weighted by molar-refractivity contribution is 0.521. The number of aromatic nitrogens is 2. The van der Waals surface area contributed by atoms with Crippen molar-refractivity contribution in [2.75, 3.05) is 18.1 Å². The van der Waals surface area contributed by atoms with Gasteiger partial charge in [-0.15, -0.1) is 11.3 Å². The fourth-order valence-corrected chi connectivity index (χ4v) is 4.22. The number of nitrogens with one attached hydrogen (secondary N) is 1. The Balaban J connectivity index is 1.53. The molecule has 19 heavy (non-hydrogen) atoms. The number of hydrogen-bond donors (Lipinski definition) is 1. The van der Waals surface area contributed by atoms with Gasteiger partial charge >= 0.3 is 0 Å². The predicted octanol–water partition coefficient (Wildman–Crippen LogP) is 3.05. The van der Waals surface area contributed by atoms with E-state index in [0.29, 0.717) is 0 Å². The van der Waals surface area contributed by atoms with Crippen molar-refractivity contribution in [2.24, 2.45) is 5.92 Å². The zero-order valence-corrected chi connectivity index (χ0v) is 12.3. The summed E-state index contributed by atoms with van der Waals surface area (Å²) in [6, 6.07) is 5.93. The topological polar surface area (TPSA) is 37.8 Å². The number of pyridine rings is 1. The molecule has 1 fully saturated rings. The minimum atomic E-state index is 0.846. The summed E-state index contributed by atoms with van der Waals surface area (Å²) >= 11 is 3.74. The molecule has 1 aliphatic heterocycles. The first-order chi connectivity index (χ1) is 9.42. The third-order valence-electron chi connectivity index (χ3n) is 3.20. The van der Waals surface area contributed by atoms with Crippen LogP contribution in [0.5, 0.6) is 0 Å². The summed E-state index contributed by atoms with van der Waals surface area (Å²) < 4.78 is 0. The van der Waals surface area contributed by atoms with Gasteiger partial charge in [-0.05, 0) is 42.5 Å². The van der Waals surface area contributed by atoms with Crippen molar-refractivity contribution in [3.63, 3.8) is 0 Å². The van der Waals surface area contributed by atoms with Crippen molar-refractivity contribution >= 4 is 23.1 Å². The molecular weight excluding hydrogens is 274 g/mol. The van der Waals surface area contributed by atoms with E-state index >= 15 is 0 Å². The van der Waals surface area contributed by atoms with E-state index in [0.717, 1.165) is 35.4 Å². The monoisotopic (exact) mass is 291 g/mol. The molecule has 3 heterocycles. The molecule has 2 aromatic rings. The van der Waals surface area contributed by atoms with Crippen LogP contribution in [0, 0.1) is 5.92 Å². The second-order valence-electron chi connectivity index (χ2n) is 4.72. The van der Waals surface area contributed by atoms with Gasteiger partial charge in [-0.2, -0.15) is 11.8 Å².